The first-order valence-corrected chi connectivity index (χ1v) is 7.87. The number of benzene rings is 1. The first kappa shape index (κ1) is 13.9. The number of halogens is 1. The molecule has 0 radical (unpaired) electrons. The molecule has 20 heavy (non-hydrogen) atoms. The highest BCUT2D eigenvalue weighted by Gasteiger charge is 2.41. The van der Waals surface area contributed by atoms with Gasteiger partial charge in [0.2, 0.25) is 0 Å². The first-order chi connectivity index (χ1) is 9.60. The van der Waals surface area contributed by atoms with Crippen molar-refractivity contribution in [3.63, 3.8) is 0 Å². The van der Waals surface area contributed by atoms with Crippen molar-refractivity contribution in [2.75, 3.05) is 18.0 Å². The molecule has 110 valence electrons. The quantitative estimate of drug-likeness (QED) is 0.888. The molecule has 2 fully saturated rings. The molecule has 1 heterocycles. The van der Waals surface area contributed by atoms with Gasteiger partial charge < -0.3 is 10.2 Å². The molecule has 1 saturated heterocycles. The summed E-state index contributed by atoms with van der Waals surface area (Å²) in [7, 11) is 0. The molecule has 3 heteroatoms. The van der Waals surface area contributed by atoms with Gasteiger partial charge in [-0.25, -0.2) is 4.39 Å². The lowest BCUT2D eigenvalue weighted by molar-refractivity contribution is 0.245. The highest BCUT2D eigenvalue weighted by molar-refractivity contribution is 5.49. The van der Waals surface area contributed by atoms with E-state index in [0.29, 0.717) is 12.0 Å². The third kappa shape index (κ3) is 2.56. The molecule has 1 aromatic carbocycles. The van der Waals surface area contributed by atoms with E-state index in [1.54, 1.807) is 6.07 Å². The Labute approximate surface area is 121 Å². The van der Waals surface area contributed by atoms with E-state index in [1.807, 2.05) is 12.1 Å². The van der Waals surface area contributed by atoms with Crippen molar-refractivity contribution in [3.8, 4) is 0 Å². The van der Waals surface area contributed by atoms with Gasteiger partial charge >= 0.3 is 0 Å². The van der Waals surface area contributed by atoms with Gasteiger partial charge in [0, 0.05) is 30.4 Å². The SMILES string of the molecule is CC(C)C1CNC2(CCCC2)CN1c1cccc(F)c1. The number of nitrogens with zero attached hydrogens (tertiary/aromatic N) is 1. The molecule has 1 aromatic rings. The highest BCUT2D eigenvalue weighted by atomic mass is 19.1. The van der Waals surface area contributed by atoms with E-state index in [9.17, 15) is 4.39 Å². The van der Waals surface area contributed by atoms with Crippen LogP contribution in [0.2, 0.25) is 0 Å². The minimum absolute atomic E-state index is 0.135. The molecule has 3 rings (SSSR count). The standard InChI is InChI=1S/C17H25FN2/c1-13(2)16-11-19-17(8-3-4-9-17)12-20(16)15-7-5-6-14(18)10-15/h5-7,10,13,16,19H,3-4,8-9,11-12H2,1-2H3. The molecule has 0 aromatic heterocycles. The van der Waals surface area contributed by atoms with Crippen LogP contribution in [0.1, 0.15) is 39.5 Å². The summed E-state index contributed by atoms with van der Waals surface area (Å²) < 4.78 is 13.6. The third-order valence-corrected chi connectivity index (χ3v) is 5.03. The van der Waals surface area contributed by atoms with Crippen molar-refractivity contribution in [1.82, 2.24) is 5.32 Å². The van der Waals surface area contributed by atoms with Gasteiger partial charge in [-0.15, -0.1) is 0 Å². The Morgan fingerprint density at radius 1 is 1.30 bits per heavy atom. The smallest absolute Gasteiger partial charge is 0.125 e. The fourth-order valence-electron chi connectivity index (χ4n) is 3.85. The zero-order valence-electron chi connectivity index (χ0n) is 12.5. The van der Waals surface area contributed by atoms with Crippen LogP contribution in [0, 0.1) is 11.7 Å². The Balaban J connectivity index is 1.89. The predicted octanol–water partition coefficient (Wildman–Crippen LogP) is 3.57. The summed E-state index contributed by atoms with van der Waals surface area (Å²) >= 11 is 0. The molecule has 2 aliphatic rings. The van der Waals surface area contributed by atoms with Crippen LogP contribution in [0.5, 0.6) is 0 Å². The number of hydrogen-bond acceptors (Lipinski definition) is 2. The molecule has 2 nitrogen and oxygen atoms in total. The zero-order chi connectivity index (χ0) is 14.2. The van der Waals surface area contributed by atoms with Gasteiger partial charge in [0.15, 0.2) is 0 Å². The molecule has 1 N–H and O–H groups in total. The Morgan fingerprint density at radius 2 is 2.05 bits per heavy atom. The topological polar surface area (TPSA) is 15.3 Å². The maximum Gasteiger partial charge on any atom is 0.125 e. The van der Waals surface area contributed by atoms with Gasteiger partial charge in [0.05, 0.1) is 0 Å². The maximum absolute atomic E-state index is 13.6. The molecule has 1 saturated carbocycles. The molecule has 1 atom stereocenters. The molecule has 0 amide bonds. The monoisotopic (exact) mass is 276 g/mol. The summed E-state index contributed by atoms with van der Waals surface area (Å²) in [5.74, 6) is 0.425. The Hall–Kier alpha value is -1.09. The number of rotatable bonds is 2. The second kappa shape index (κ2) is 5.36. The van der Waals surface area contributed by atoms with Gasteiger partial charge in [-0.3, -0.25) is 0 Å². The van der Waals surface area contributed by atoms with Crippen LogP contribution in [-0.4, -0.2) is 24.7 Å². The van der Waals surface area contributed by atoms with Crippen molar-refractivity contribution in [1.29, 1.82) is 0 Å². The van der Waals surface area contributed by atoms with Crippen molar-refractivity contribution in [3.05, 3.63) is 30.1 Å². The first-order valence-electron chi connectivity index (χ1n) is 7.87. The number of anilines is 1. The Bertz CT molecular complexity index is 466. The Kier molecular flexibility index (Phi) is 3.72. The second-order valence-electron chi connectivity index (χ2n) is 6.79. The van der Waals surface area contributed by atoms with Crippen LogP contribution in [0.4, 0.5) is 10.1 Å². The van der Waals surface area contributed by atoms with E-state index in [1.165, 1.54) is 31.7 Å². The van der Waals surface area contributed by atoms with E-state index in [2.05, 4.69) is 24.1 Å². The summed E-state index contributed by atoms with van der Waals surface area (Å²) in [5, 5.41) is 3.80. The second-order valence-corrected chi connectivity index (χ2v) is 6.79. The van der Waals surface area contributed by atoms with Gasteiger partial charge in [-0.05, 0) is 37.0 Å². The zero-order valence-corrected chi connectivity index (χ0v) is 12.5. The van der Waals surface area contributed by atoms with E-state index in [4.69, 9.17) is 0 Å². The van der Waals surface area contributed by atoms with E-state index in [-0.39, 0.29) is 11.4 Å². The average Bonchev–Trinajstić information content (AvgIpc) is 2.86. The summed E-state index contributed by atoms with van der Waals surface area (Å²) in [6.45, 7) is 6.53. The van der Waals surface area contributed by atoms with Gasteiger partial charge in [-0.2, -0.15) is 0 Å². The summed E-state index contributed by atoms with van der Waals surface area (Å²) in [6, 6.07) is 7.53. The van der Waals surface area contributed by atoms with E-state index in [0.717, 1.165) is 18.8 Å². The van der Waals surface area contributed by atoms with Crippen LogP contribution in [0.25, 0.3) is 0 Å². The van der Waals surface area contributed by atoms with Crippen LogP contribution in [-0.2, 0) is 0 Å². The van der Waals surface area contributed by atoms with Crippen molar-refractivity contribution in [2.45, 2.75) is 51.1 Å². The van der Waals surface area contributed by atoms with Crippen LogP contribution in [0.15, 0.2) is 24.3 Å². The van der Waals surface area contributed by atoms with Crippen molar-refractivity contribution >= 4 is 5.69 Å². The fraction of sp³-hybridized carbons (Fsp3) is 0.647. The molecular weight excluding hydrogens is 251 g/mol. The number of piperazine rings is 1. The molecule has 1 aliphatic heterocycles. The van der Waals surface area contributed by atoms with Crippen molar-refractivity contribution < 1.29 is 4.39 Å². The molecule has 1 aliphatic carbocycles. The molecule has 1 spiro atoms. The lowest BCUT2D eigenvalue weighted by Gasteiger charge is -2.49. The molecular formula is C17H25FN2. The number of nitrogens with one attached hydrogen (secondary N) is 1. The minimum Gasteiger partial charge on any atom is -0.365 e. The van der Waals surface area contributed by atoms with Crippen LogP contribution < -0.4 is 10.2 Å². The summed E-state index contributed by atoms with van der Waals surface area (Å²) in [6.07, 6.45) is 5.14. The lowest BCUT2D eigenvalue weighted by Crippen LogP contribution is -2.64. The Morgan fingerprint density at radius 3 is 2.70 bits per heavy atom. The predicted molar refractivity (Wildman–Crippen MR) is 81.6 cm³/mol. The van der Waals surface area contributed by atoms with E-state index >= 15 is 0 Å². The van der Waals surface area contributed by atoms with Crippen LogP contribution in [0.3, 0.4) is 0 Å². The minimum atomic E-state index is -0.135. The third-order valence-electron chi connectivity index (χ3n) is 5.03. The maximum atomic E-state index is 13.6. The average molecular weight is 276 g/mol. The summed E-state index contributed by atoms with van der Waals surface area (Å²) in [5.41, 5.74) is 1.30. The molecule has 1 unspecified atom stereocenters. The largest absolute Gasteiger partial charge is 0.365 e. The number of hydrogen-bond donors (Lipinski definition) is 1. The summed E-state index contributed by atoms with van der Waals surface area (Å²) in [4.78, 5) is 2.44. The fourth-order valence-corrected chi connectivity index (χ4v) is 3.85. The van der Waals surface area contributed by atoms with E-state index < -0.39 is 0 Å². The van der Waals surface area contributed by atoms with Gasteiger partial charge in [0.1, 0.15) is 5.82 Å². The van der Waals surface area contributed by atoms with Crippen molar-refractivity contribution in [2.24, 2.45) is 5.92 Å². The normalized spacial score (nSPS) is 25.6. The lowest BCUT2D eigenvalue weighted by atomic mass is 9.88. The van der Waals surface area contributed by atoms with Gasteiger partial charge in [-0.1, -0.05) is 32.8 Å². The van der Waals surface area contributed by atoms with Crippen LogP contribution >= 0.6 is 0 Å². The molecule has 0 bridgehead atoms. The van der Waals surface area contributed by atoms with Gasteiger partial charge in [0.25, 0.3) is 0 Å². The highest BCUT2D eigenvalue weighted by Crippen LogP contribution is 2.36.